The number of hydrogen-bond acceptors (Lipinski definition) is 5. The van der Waals surface area contributed by atoms with Gasteiger partial charge in [-0.15, -0.1) is 5.10 Å². The van der Waals surface area contributed by atoms with E-state index in [4.69, 9.17) is 9.47 Å². The first-order chi connectivity index (χ1) is 13.7. The maximum Gasteiger partial charge on any atom is 0.410 e. The first-order valence-corrected chi connectivity index (χ1v) is 11.1. The third-order valence-corrected chi connectivity index (χ3v) is 6.01. The molecule has 1 aromatic carbocycles. The second-order valence-electron chi connectivity index (χ2n) is 8.69. The molecule has 2 aromatic rings. The number of hydrogen-bond donors (Lipinski definition) is 0. The summed E-state index contributed by atoms with van der Waals surface area (Å²) < 4.78 is 14.3. The minimum absolute atomic E-state index is 0.209. The van der Waals surface area contributed by atoms with Crippen LogP contribution in [-0.4, -0.2) is 57.9 Å². The second-order valence-corrected chi connectivity index (χ2v) is 9.55. The molecule has 0 saturated carbocycles. The summed E-state index contributed by atoms with van der Waals surface area (Å²) in [6, 6.07) is 4.09. The van der Waals surface area contributed by atoms with Crippen LogP contribution in [0.1, 0.15) is 45.6 Å². The van der Waals surface area contributed by atoms with E-state index in [0.29, 0.717) is 12.5 Å². The summed E-state index contributed by atoms with van der Waals surface area (Å²) in [5.41, 5.74) is 2.67. The number of fused-ring (bicyclic) bond motifs is 1. The van der Waals surface area contributed by atoms with Gasteiger partial charge >= 0.3 is 6.09 Å². The Labute approximate surface area is 180 Å². The van der Waals surface area contributed by atoms with Crippen LogP contribution in [0.3, 0.4) is 0 Å². The number of carbonyl (C=O) groups is 1. The van der Waals surface area contributed by atoms with Crippen LogP contribution >= 0.6 is 15.9 Å². The number of amides is 1. The Morgan fingerprint density at radius 2 is 2.00 bits per heavy atom. The number of carbonyl (C=O) groups excluding carboxylic acids is 1. The van der Waals surface area contributed by atoms with Gasteiger partial charge in [0.1, 0.15) is 11.1 Å². The van der Waals surface area contributed by atoms with Crippen LogP contribution in [-0.2, 0) is 16.0 Å². The predicted octanol–water partition coefficient (Wildman–Crippen LogP) is 4.56. The highest BCUT2D eigenvalue weighted by atomic mass is 79.9. The van der Waals surface area contributed by atoms with Gasteiger partial charge in [0.25, 0.3) is 0 Å². The lowest BCUT2D eigenvalue weighted by Gasteiger charge is -2.33. The van der Waals surface area contributed by atoms with Gasteiger partial charge in [-0.2, -0.15) is 0 Å². The molecule has 1 amide bonds. The van der Waals surface area contributed by atoms with Crippen molar-refractivity contribution in [2.45, 2.75) is 59.1 Å². The van der Waals surface area contributed by atoms with Crippen molar-refractivity contribution in [3.05, 3.63) is 22.2 Å². The fraction of sp³-hybridized carbons (Fsp3) is 0.667. The summed E-state index contributed by atoms with van der Waals surface area (Å²) in [6.45, 7) is 11.4. The number of benzene rings is 1. The Hall–Kier alpha value is -1.67. The molecule has 0 unspecified atom stereocenters. The average molecular weight is 467 g/mol. The highest BCUT2D eigenvalue weighted by Gasteiger charge is 2.26. The molecule has 160 valence electrons. The molecular formula is C21H31BrN4O3. The zero-order valence-corrected chi connectivity index (χ0v) is 19.4. The van der Waals surface area contributed by atoms with Gasteiger partial charge < -0.3 is 14.4 Å². The summed E-state index contributed by atoms with van der Waals surface area (Å²) >= 11 is 3.54. The second kappa shape index (κ2) is 9.43. The predicted molar refractivity (Wildman–Crippen MR) is 116 cm³/mol. The molecule has 1 aliphatic heterocycles. The van der Waals surface area contributed by atoms with E-state index in [1.807, 2.05) is 44.5 Å². The van der Waals surface area contributed by atoms with E-state index in [9.17, 15) is 4.79 Å². The van der Waals surface area contributed by atoms with Crippen molar-refractivity contribution in [3.63, 3.8) is 0 Å². The highest BCUT2D eigenvalue weighted by molar-refractivity contribution is 9.10. The van der Waals surface area contributed by atoms with E-state index < -0.39 is 5.60 Å². The van der Waals surface area contributed by atoms with Crippen molar-refractivity contribution in [1.82, 2.24) is 19.9 Å². The Balaban J connectivity index is 1.35. The van der Waals surface area contributed by atoms with Gasteiger partial charge in [-0.1, -0.05) is 21.1 Å². The van der Waals surface area contributed by atoms with Crippen molar-refractivity contribution in [2.75, 3.05) is 26.3 Å². The Kier molecular flexibility index (Phi) is 7.16. The average Bonchev–Trinajstić information content (AvgIpc) is 3.07. The molecule has 7 nitrogen and oxygen atoms in total. The van der Waals surface area contributed by atoms with E-state index in [1.54, 1.807) is 4.90 Å². The van der Waals surface area contributed by atoms with Crippen LogP contribution in [0.5, 0.6) is 0 Å². The maximum atomic E-state index is 12.1. The quantitative estimate of drug-likeness (QED) is 0.583. The number of aryl methyl sites for hydroxylation is 2. The summed E-state index contributed by atoms with van der Waals surface area (Å²) in [4.78, 5) is 13.9. The van der Waals surface area contributed by atoms with Crippen LogP contribution in [0.15, 0.2) is 16.6 Å². The molecule has 0 aliphatic carbocycles. The van der Waals surface area contributed by atoms with E-state index in [2.05, 4.69) is 26.2 Å². The summed E-state index contributed by atoms with van der Waals surface area (Å²) in [5, 5.41) is 8.57. The Morgan fingerprint density at radius 1 is 1.28 bits per heavy atom. The van der Waals surface area contributed by atoms with Crippen LogP contribution < -0.4 is 0 Å². The molecule has 1 fully saturated rings. The molecule has 0 bridgehead atoms. The van der Waals surface area contributed by atoms with Crippen LogP contribution in [0.25, 0.3) is 11.0 Å². The summed E-state index contributed by atoms with van der Waals surface area (Å²) in [5.74, 6) is 0.501. The molecule has 1 aromatic heterocycles. The van der Waals surface area contributed by atoms with E-state index in [0.717, 1.165) is 66.6 Å². The summed E-state index contributed by atoms with van der Waals surface area (Å²) in [7, 11) is 0. The van der Waals surface area contributed by atoms with Gasteiger partial charge in [0.2, 0.25) is 0 Å². The van der Waals surface area contributed by atoms with Gasteiger partial charge in [-0.25, -0.2) is 9.48 Å². The van der Waals surface area contributed by atoms with Crippen molar-refractivity contribution in [1.29, 1.82) is 0 Å². The largest absolute Gasteiger partial charge is 0.444 e. The Bertz CT molecular complexity index is 838. The van der Waals surface area contributed by atoms with Crippen LogP contribution in [0, 0.1) is 12.8 Å². The minimum Gasteiger partial charge on any atom is -0.444 e. The van der Waals surface area contributed by atoms with Crippen LogP contribution in [0.4, 0.5) is 4.79 Å². The topological polar surface area (TPSA) is 69.5 Å². The molecule has 0 spiro atoms. The van der Waals surface area contributed by atoms with Gasteiger partial charge in [0.15, 0.2) is 0 Å². The lowest BCUT2D eigenvalue weighted by molar-refractivity contribution is 0.0114. The molecule has 3 rings (SSSR count). The molecule has 0 radical (unpaired) electrons. The Morgan fingerprint density at radius 3 is 2.69 bits per heavy atom. The summed E-state index contributed by atoms with van der Waals surface area (Å²) in [6.07, 6.45) is 2.60. The number of nitrogens with zero attached hydrogens (tertiary/aromatic N) is 4. The number of ether oxygens (including phenoxy) is 2. The molecule has 29 heavy (non-hydrogen) atoms. The molecular weight excluding hydrogens is 436 g/mol. The number of piperidine rings is 1. The number of aromatic nitrogens is 3. The molecule has 8 heteroatoms. The molecule has 0 N–H and O–H groups in total. The van der Waals surface area contributed by atoms with E-state index in [1.165, 1.54) is 0 Å². The monoisotopic (exact) mass is 466 g/mol. The van der Waals surface area contributed by atoms with E-state index >= 15 is 0 Å². The maximum absolute atomic E-state index is 12.1. The molecule has 1 aliphatic rings. The SMILES string of the molecule is Cc1c(Br)ccc2c1nnn2CCCOCC1CCN(C(=O)OC(C)(C)C)CC1. The smallest absolute Gasteiger partial charge is 0.410 e. The molecule has 0 atom stereocenters. The number of rotatable bonds is 6. The zero-order valence-electron chi connectivity index (χ0n) is 17.8. The van der Waals surface area contributed by atoms with Gasteiger partial charge in [-0.3, -0.25) is 0 Å². The standard InChI is InChI=1S/C21H31BrN4O3/c1-15-17(22)6-7-18-19(15)23-24-26(18)10-5-13-28-14-16-8-11-25(12-9-16)20(27)29-21(2,3)4/h6-7,16H,5,8-14H2,1-4H3. The lowest BCUT2D eigenvalue weighted by atomic mass is 9.98. The highest BCUT2D eigenvalue weighted by Crippen LogP contribution is 2.24. The third-order valence-electron chi connectivity index (χ3n) is 5.15. The number of likely N-dealkylation sites (tertiary alicyclic amines) is 1. The van der Waals surface area contributed by atoms with Gasteiger partial charge in [0, 0.05) is 37.3 Å². The minimum atomic E-state index is -0.443. The van der Waals surface area contributed by atoms with E-state index in [-0.39, 0.29) is 6.09 Å². The first-order valence-electron chi connectivity index (χ1n) is 10.3. The van der Waals surface area contributed by atoms with Crippen molar-refractivity contribution in [3.8, 4) is 0 Å². The first kappa shape index (κ1) is 22.0. The van der Waals surface area contributed by atoms with Crippen molar-refractivity contribution < 1.29 is 14.3 Å². The normalized spacial score (nSPS) is 15.8. The molecule has 2 heterocycles. The molecule has 1 saturated heterocycles. The van der Waals surface area contributed by atoms with Gasteiger partial charge in [-0.05, 0) is 70.6 Å². The number of halogens is 1. The van der Waals surface area contributed by atoms with Gasteiger partial charge in [0.05, 0.1) is 5.52 Å². The third kappa shape index (κ3) is 5.92. The van der Waals surface area contributed by atoms with Crippen molar-refractivity contribution >= 4 is 33.1 Å². The lowest BCUT2D eigenvalue weighted by Crippen LogP contribution is -2.42. The zero-order chi connectivity index (χ0) is 21.0. The van der Waals surface area contributed by atoms with Crippen LogP contribution in [0.2, 0.25) is 0 Å². The fourth-order valence-corrected chi connectivity index (χ4v) is 3.80. The fourth-order valence-electron chi connectivity index (χ4n) is 3.48. The van der Waals surface area contributed by atoms with Crippen molar-refractivity contribution in [2.24, 2.45) is 5.92 Å².